The summed E-state index contributed by atoms with van der Waals surface area (Å²) in [6, 6.07) is 3.63. The predicted octanol–water partition coefficient (Wildman–Crippen LogP) is 3.05. The summed E-state index contributed by atoms with van der Waals surface area (Å²) in [4.78, 5) is 15.2. The maximum absolute atomic E-state index is 11.1. The molecule has 1 aromatic rings. The monoisotopic (exact) mass is 238 g/mol. The average Bonchev–Trinajstić information content (AvgIpc) is 2.20. The minimum Gasteiger partial charge on any atom is -0.325 e. The van der Waals surface area contributed by atoms with Gasteiger partial charge in [0.2, 0.25) is 5.91 Å². The Morgan fingerprint density at radius 2 is 2.00 bits per heavy atom. The molecule has 1 aromatic carbocycles. The van der Waals surface area contributed by atoms with E-state index in [1.54, 1.807) is 7.05 Å². The second kappa shape index (κ2) is 5.12. The van der Waals surface area contributed by atoms with Crippen molar-refractivity contribution < 1.29 is 4.79 Å². The molecule has 0 aliphatic carbocycles. The van der Waals surface area contributed by atoms with Gasteiger partial charge in [0.25, 0.3) is 0 Å². The summed E-state index contributed by atoms with van der Waals surface area (Å²) < 4.78 is 0. The number of hydrogen-bond acceptors (Lipinski definition) is 2. The number of carbonyl (C=O) groups excluding carboxylic acids is 1. The maximum atomic E-state index is 11.1. The number of nitrogens with one attached hydrogen (secondary N) is 1. The van der Waals surface area contributed by atoms with E-state index in [1.165, 1.54) is 6.92 Å². The molecule has 0 spiro atoms. The number of carbonyl (C=O) groups is 1. The standard InChI is InChI=1S/C12H15ClN2O/c1-7-5-10(13)6-11(8(2)14-4)12(7)15-9(3)16/h5-6H,1-4H3,(H,15,16). The lowest BCUT2D eigenvalue weighted by atomic mass is 10.0. The molecule has 16 heavy (non-hydrogen) atoms. The van der Waals surface area contributed by atoms with Crippen molar-refractivity contribution in [1.29, 1.82) is 0 Å². The number of amides is 1. The zero-order valence-corrected chi connectivity index (χ0v) is 10.6. The lowest BCUT2D eigenvalue weighted by Gasteiger charge is -2.13. The number of nitrogens with zero attached hydrogens (tertiary/aromatic N) is 1. The van der Waals surface area contributed by atoms with Crippen molar-refractivity contribution in [3.05, 3.63) is 28.3 Å². The van der Waals surface area contributed by atoms with Crippen LogP contribution in [0.1, 0.15) is 25.0 Å². The fourth-order valence-electron chi connectivity index (χ4n) is 1.49. The highest BCUT2D eigenvalue weighted by molar-refractivity contribution is 6.31. The van der Waals surface area contributed by atoms with Crippen molar-refractivity contribution in [2.75, 3.05) is 12.4 Å². The van der Waals surface area contributed by atoms with Crippen molar-refractivity contribution in [2.45, 2.75) is 20.8 Å². The number of halogens is 1. The molecule has 0 atom stereocenters. The molecule has 1 rings (SSSR count). The summed E-state index contributed by atoms with van der Waals surface area (Å²) in [7, 11) is 1.71. The molecule has 86 valence electrons. The van der Waals surface area contributed by atoms with Gasteiger partial charge in [-0.25, -0.2) is 0 Å². The summed E-state index contributed by atoms with van der Waals surface area (Å²) in [5.41, 5.74) is 3.41. The minimum absolute atomic E-state index is 0.101. The molecule has 0 heterocycles. The summed E-state index contributed by atoms with van der Waals surface area (Å²) >= 11 is 5.99. The van der Waals surface area contributed by atoms with E-state index in [0.717, 1.165) is 22.5 Å². The Labute approximate surface area is 101 Å². The molecule has 0 radical (unpaired) electrons. The van der Waals surface area contributed by atoms with Gasteiger partial charge >= 0.3 is 0 Å². The molecular weight excluding hydrogens is 224 g/mol. The fourth-order valence-corrected chi connectivity index (χ4v) is 1.76. The molecule has 0 aliphatic heterocycles. The highest BCUT2D eigenvalue weighted by Crippen LogP contribution is 2.26. The molecule has 0 aromatic heterocycles. The van der Waals surface area contributed by atoms with Crippen LogP contribution in [0.5, 0.6) is 0 Å². The van der Waals surface area contributed by atoms with Crippen molar-refractivity contribution in [3.8, 4) is 0 Å². The first-order valence-corrected chi connectivity index (χ1v) is 5.35. The lowest BCUT2D eigenvalue weighted by Crippen LogP contribution is -2.11. The van der Waals surface area contributed by atoms with Gasteiger partial charge in [0, 0.05) is 30.3 Å². The highest BCUT2D eigenvalue weighted by atomic mass is 35.5. The molecule has 0 aliphatic rings. The Balaban J connectivity index is 3.37. The number of aryl methyl sites for hydroxylation is 1. The van der Waals surface area contributed by atoms with Crippen LogP contribution >= 0.6 is 11.6 Å². The van der Waals surface area contributed by atoms with E-state index in [2.05, 4.69) is 10.3 Å². The smallest absolute Gasteiger partial charge is 0.221 e. The van der Waals surface area contributed by atoms with Gasteiger partial charge in [0.15, 0.2) is 0 Å². The largest absolute Gasteiger partial charge is 0.325 e. The molecule has 0 fully saturated rings. The Hall–Kier alpha value is -1.35. The SMILES string of the molecule is CN=C(C)c1cc(Cl)cc(C)c1NC(C)=O. The van der Waals surface area contributed by atoms with Gasteiger partial charge < -0.3 is 5.32 Å². The van der Waals surface area contributed by atoms with E-state index in [1.807, 2.05) is 26.0 Å². The topological polar surface area (TPSA) is 41.5 Å². The zero-order chi connectivity index (χ0) is 12.3. The molecule has 4 heteroatoms. The van der Waals surface area contributed by atoms with Crippen LogP contribution in [-0.4, -0.2) is 18.7 Å². The van der Waals surface area contributed by atoms with Gasteiger partial charge in [-0.3, -0.25) is 9.79 Å². The van der Waals surface area contributed by atoms with Crippen LogP contribution in [0.15, 0.2) is 17.1 Å². The number of hydrogen-bond donors (Lipinski definition) is 1. The summed E-state index contributed by atoms with van der Waals surface area (Å²) in [6.07, 6.45) is 0. The van der Waals surface area contributed by atoms with Crippen molar-refractivity contribution in [2.24, 2.45) is 4.99 Å². The third kappa shape index (κ3) is 2.83. The molecule has 0 saturated heterocycles. The molecule has 3 nitrogen and oxygen atoms in total. The van der Waals surface area contributed by atoms with Gasteiger partial charge in [-0.2, -0.15) is 0 Å². The van der Waals surface area contributed by atoms with E-state index in [-0.39, 0.29) is 5.91 Å². The van der Waals surface area contributed by atoms with Gasteiger partial charge in [-0.15, -0.1) is 0 Å². The third-order valence-electron chi connectivity index (χ3n) is 2.33. The van der Waals surface area contributed by atoms with Crippen LogP contribution in [0, 0.1) is 6.92 Å². The summed E-state index contributed by atoms with van der Waals surface area (Å²) in [6.45, 7) is 5.27. The number of anilines is 1. The van der Waals surface area contributed by atoms with Crippen molar-refractivity contribution in [1.82, 2.24) is 0 Å². The zero-order valence-electron chi connectivity index (χ0n) is 9.89. The molecule has 1 amide bonds. The average molecular weight is 239 g/mol. The Kier molecular flexibility index (Phi) is 4.07. The van der Waals surface area contributed by atoms with E-state index in [4.69, 9.17) is 11.6 Å². The summed E-state index contributed by atoms with van der Waals surface area (Å²) in [5.74, 6) is -0.101. The Morgan fingerprint density at radius 3 is 2.50 bits per heavy atom. The normalized spacial score (nSPS) is 11.4. The van der Waals surface area contributed by atoms with Crippen LogP contribution < -0.4 is 5.32 Å². The van der Waals surface area contributed by atoms with Crippen LogP contribution in [0.3, 0.4) is 0 Å². The molecule has 1 N–H and O–H groups in total. The van der Waals surface area contributed by atoms with Crippen LogP contribution in [0.2, 0.25) is 5.02 Å². The second-order valence-electron chi connectivity index (χ2n) is 3.64. The summed E-state index contributed by atoms with van der Waals surface area (Å²) in [5, 5.41) is 3.45. The number of aliphatic imine (C=N–C) groups is 1. The molecular formula is C12H15ClN2O. The second-order valence-corrected chi connectivity index (χ2v) is 4.07. The van der Waals surface area contributed by atoms with E-state index < -0.39 is 0 Å². The molecule has 0 unspecified atom stereocenters. The van der Waals surface area contributed by atoms with Gasteiger partial charge in [0.1, 0.15) is 0 Å². The van der Waals surface area contributed by atoms with E-state index >= 15 is 0 Å². The van der Waals surface area contributed by atoms with Crippen molar-refractivity contribution >= 4 is 28.9 Å². The number of rotatable bonds is 2. The van der Waals surface area contributed by atoms with E-state index in [0.29, 0.717) is 5.02 Å². The van der Waals surface area contributed by atoms with E-state index in [9.17, 15) is 4.79 Å². The Morgan fingerprint density at radius 1 is 1.38 bits per heavy atom. The third-order valence-corrected chi connectivity index (χ3v) is 2.54. The lowest BCUT2D eigenvalue weighted by molar-refractivity contribution is -0.114. The minimum atomic E-state index is -0.101. The first kappa shape index (κ1) is 12.7. The van der Waals surface area contributed by atoms with Crippen LogP contribution in [-0.2, 0) is 4.79 Å². The predicted molar refractivity (Wildman–Crippen MR) is 68.6 cm³/mol. The van der Waals surface area contributed by atoms with Gasteiger partial charge in [-0.05, 0) is 31.5 Å². The first-order valence-electron chi connectivity index (χ1n) is 4.97. The van der Waals surface area contributed by atoms with Crippen LogP contribution in [0.4, 0.5) is 5.69 Å². The van der Waals surface area contributed by atoms with Crippen molar-refractivity contribution in [3.63, 3.8) is 0 Å². The quantitative estimate of drug-likeness (QED) is 0.791. The Bertz CT molecular complexity index is 453. The first-order chi connectivity index (χ1) is 7.45. The maximum Gasteiger partial charge on any atom is 0.221 e. The molecule has 0 bridgehead atoms. The number of benzene rings is 1. The highest BCUT2D eigenvalue weighted by Gasteiger charge is 2.11. The van der Waals surface area contributed by atoms with Gasteiger partial charge in [0.05, 0.1) is 5.69 Å². The van der Waals surface area contributed by atoms with Crippen LogP contribution in [0.25, 0.3) is 0 Å². The van der Waals surface area contributed by atoms with Gasteiger partial charge in [-0.1, -0.05) is 11.6 Å². The molecule has 0 saturated carbocycles. The fraction of sp³-hybridized carbons (Fsp3) is 0.333.